The number of nitrogens with zero attached hydrogens (tertiary/aromatic N) is 2. The van der Waals surface area contributed by atoms with E-state index in [4.69, 9.17) is 0 Å². The number of carbonyl (C=O) groups is 1. The number of carbonyl (C=O) groups excluding carboxylic acids is 1. The molecule has 1 aromatic rings. The molecule has 1 unspecified atom stereocenters. The van der Waals surface area contributed by atoms with Gasteiger partial charge in [-0.25, -0.2) is 4.79 Å². The van der Waals surface area contributed by atoms with Crippen molar-refractivity contribution in [1.29, 1.82) is 0 Å². The molecule has 2 amide bonds. The van der Waals surface area contributed by atoms with E-state index in [1.807, 2.05) is 17.0 Å². The molecule has 1 atom stereocenters. The highest BCUT2D eigenvalue weighted by Gasteiger charge is 2.24. The Morgan fingerprint density at radius 1 is 1.56 bits per heavy atom. The molecule has 1 aliphatic rings. The van der Waals surface area contributed by atoms with Gasteiger partial charge in [0.1, 0.15) is 0 Å². The van der Waals surface area contributed by atoms with Gasteiger partial charge in [-0.1, -0.05) is 13.0 Å². The monoisotopic (exact) mass is 247 g/mol. The van der Waals surface area contributed by atoms with Gasteiger partial charge in [0, 0.05) is 31.5 Å². The van der Waals surface area contributed by atoms with Gasteiger partial charge in [-0.2, -0.15) is 0 Å². The topological polar surface area (TPSA) is 45.2 Å². The quantitative estimate of drug-likeness (QED) is 0.892. The van der Waals surface area contributed by atoms with Crippen molar-refractivity contribution in [3.8, 4) is 0 Å². The molecule has 98 valence electrons. The second kappa shape index (κ2) is 6.38. The van der Waals surface area contributed by atoms with Crippen LogP contribution in [0.3, 0.4) is 0 Å². The summed E-state index contributed by atoms with van der Waals surface area (Å²) in [5.74, 6) is 0. The van der Waals surface area contributed by atoms with Crippen LogP contribution in [0.5, 0.6) is 0 Å². The smallest absolute Gasteiger partial charge is 0.317 e. The second-order valence-electron chi connectivity index (χ2n) is 4.77. The molecule has 18 heavy (non-hydrogen) atoms. The van der Waals surface area contributed by atoms with Crippen molar-refractivity contribution in [3.63, 3.8) is 0 Å². The van der Waals surface area contributed by atoms with E-state index in [0.717, 1.165) is 31.4 Å². The first-order valence-electron chi connectivity index (χ1n) is 6.74. The number of likely N-dealkylation sites (tertiary alicyclic amines) is 1. The van der Waals surface area contributed by atoms with E-state index >= 15 is 0 Å². The molecule has 1 fully saturated rings. The van der Waals surface area contributed by atoms with Crippen molar-refractivity contribution < 1.29 is 4.79 Å². The molecule has 1 aromatic heterocycles. The Bertz CT molecular complexity index is 380. The zero-order valence-corrected chi connectivity index (χ0v) is 10.9. The third-order valence-corrected chi connectivity index (χ3v) is 3.53. The molecule has 1 aliphatic heterocycles. The summed E-state index contributed by atoms with van der Waals surface area (Å²) in [6, 6.07) is 4.33. The number of rotatable bonds is 3. The zero-order chi connectivity index (χ0) is 12.8. The second-order valence-corrected chi connectivity index (χ2v) is 4.77. The summed E-state index contributed by atoms with van der Waals surface area (Å²) in [7, 11) is 0. The van der Waals surface area contributed by atoms with Crippen molar-refractivity contribution >= 4 is 6.03 Å². The zero-order valence-electron chi connectivity index (χ0n) is 10.9. The maximum absolute atomic E-state index is 12.1. The lowest BCUT2D eigenvalue weighted by Gasteiger charge is -2.35. The van der Waals surface area contributed by atoms with Crippen LogP contribution in [0.25, 0.3) is 0 Å². The largest absolute Gasteiger partial charge is 0.334 e. The standard InChI is InChI=1S/C14H21N3O/c1-2-13-7-3-4-9-17(13)14(18)16-11-12-6-5-8-15-10-12/h5-6,8,10,13H,2-4,7,9,11H2,1H3,(H,16,18). The summed E-state index contributed by atoms with van der Waals surface area (Å²) in [6.45, 7) is 3.59. The molecule has 0 bridgehead atoms. The lowest BCUT2D eigenvalue weighted by atomic mass is 10.0. The Balaban J connectivity index is 1.87. The van der Waals surface area contributed by atoms with Crippen molar-refractivity contribution in [3.05, 3.63) is 30.1 Å². The SMILES string of the molecule is CCC1CCCCN1C(=O)NCc1cccnc1. The Morgan fingerprint density at radius 2 is 2.44 bits per heavy atom. The minimum Gasteiger partial charge on any atom is -0.334 e. The fraction of sp³-hybridized carbons (Fsp3) is 0.571. The van der Waals surface area contributed by atoms with Gasteiger partial charge in [0.15, 0.2) is 0 Å². The van der Waals surface area contributed by atoms with Gasteiger partial charge < -0.3 is 10.2 Å². The lowest BCUT2D eigenvalue weighted by Crippen LogP contribution is -2.48. The average Bonchev–Trinajstić information content (AvgIpc) is 2.45. The highest BCUT2D eigenvalue weighted by molar-refractivity contribution is 5.74. The van der Waals surface area contributed by atoms with Crippen molar-refractivity contribution in [2.45, 2.75) is 45.2 Å². The fourth-order valence-electron chi connectivity index (χ4n) is 2.47. The van der Waals surface area contributed by atoms with Crippen molar-refractivity contribution in [2.24, 2.45) is 0 Å². The number of amides is 2. The predicted molar refractivity (Wildman–Crippen MR) is 71.1 cm³/mol. The Morgan fingerprint density at radius 3 is 3.17 bits per heavy atom. The van der Waals surface area contributed by atoms with E-state index in [-0.39, 0.29) is 6.03 Å². The van der Waals surface area contributed by atoms with E-state index in [1.54, 1.807) is 12.4 Å². The van der Waals surface area contributed by atoms with Crippen LogP contribution in [-0.4, -0.2) is 28.5 Å². The lowest BCUT2D eigenvalue weighted by molar-refractivity contribution is 0.148. The Hall–Kier alpha value is -1.58. The normalized spacial score (nSPS) is 19.6. The summed E-state index contributed by atoms with van der Waals surface area (Å²) in [6.07, 6.45) is 8.07. The molecular weight excluding hydrogens is 226 g/mol. The van der Waals surface area contributed by atoms with Crippen LogP contribution in [0.2, 0.25) is 0 Å². The first-order valence-corrected chi connectivity index (χ1v) is 6.74. The van der Waals surface area contributed by atoms with Crippen molar-refractivity contribution in [2.75, 3.05) is 6.54 Å². The number of hydrogen-bond acceptors (Lipinski definition) is 2. The molecule has 1 N–H and O–H groups in total. The number of piperidine rings is 1. The number of pyridine rings is 1. The predicted octanol–water partition coefficient (Wildman–Crippen LogP) is 2.56. The first-order chi connectivity index (χ1) is 8.81. The van der Waals surface area contributed by atoms with Crippen LogP contribution in [0.4, 0.5) is 4.79 Å². The molecule has 0 radical (unpaired) electrons. The van der Waals surface area contributed by atoms with Gasteiger partial charge >= 0.3 is 6.03 Å². The maximum atomic E-state index is 12.1. The van der Waals surface area contributed by atoms with Gasteiger partial charge in [-0.3, -0.25) is 4.98 Å². The maximum Gasteiger partial charge on any atom is 0.317 e. The molecule has 2 rings (SSSR count). The minimum absolute atomic E-state index is 0.0606. The van der Waals surface area contributed by atoms with Gasteiger partial charge in [0.2, 0.25) is 0 Å². The number of urea groups is 1. The molecule has 0 aromatic carbocycles. The first kappa shape index (κ1) is 12.9. The molecule has 1 saturated heterocycles. The van der Waals surface area contributed by atoms with E-state index < -0.39 is 0 Å². The van der Waals surface area contributed by atoms with Gasteiger partial charge in [0.05, 0.1) is 0 Å². The molecule has 0 aliphatic carbocycles. The Kier molecular flexibility index (Phi) is 4.56. The summed E-state index contributed by atoms with van der Waals surface area (Å²) < 4.78 is 0. The Labute approximate surface area is 108 Å². The molecule has 0 spiro atoms. The van der Waals surface area contributed by atoms with E-state index in [9.17, 15) is 4.79 Å². The van der Waals surface area contributed by atoms with Crippen LogP contribution in [0.1, 0.15) is 38.2 Å². The van der Waals surface area contributed by atoms with Gasteiger partial charge in [0.25, 0.3) is 0 Å². The summed E-state index contributed by atoms with van der Waals surface area (Å²) >= 11 is 0. The third kappa shape index (κ3) is 3.22. The van der Waals surface area contributed by atoms with Crippen LogP contribution in [-0.2, 0) is 6.54 Å². The number of aromatic nitrogens is 1. The van der Waals surface area contributed by atoms with Crippen LogP contribution in [0.15, 0.2) is 24.5 Å². The van der Waals surface area contributed by atoms with E-state index in [1.165, 1.54) is 6.42 Å². The highest BCUT2D eigenvalue weighted by Crippen LogP contribution is 2.19. The molecular formula is C14H21N3O. The van der Waals surface area contributed by atoms with Crippen LogP contribution in [0, 0.1) is 0 Å². The summed E-state index contributed by atoms with van der Waals surface area (Å²) in [4.78, 5) is 18.2. The molecule has 0 saturated carbocycles. The highest BCUT2D eigenvalue weighted by atomic mass is 16.2. The van der Waals surface area contributed by atoms with Crippen LogP contribution >= 0.6 is 0 Å². The summed E-state index contributed by atoms with van der Waals surface area (Å²) in [5.41, 5.74) is 1.04. The minimum atomic E-state index is 0.0606. The van der Waals surface area contributed by atoms with E-state index in [0.29, 0.717) is 12.6 Å². The van der Waals surface area contributed by atoms with Crippen molar-refractivity contribution in [1.82, 2.24) is 15.2 Å². The van der Waals surface area contributed by atoms with Gasteiger partial charge in [-0.05, 0) is 37.3 Å². The molecule has 4 heteroatoms. The van der Waals surface area contributed by atoms with Crippen LogP contribution < -0.4 is 5.32 Å². The average molecular weight is 247 g/mol. The fourth-order valence-corrected chi connectivity index (χ4v) is 2.47. The molecule has 2 heterocycles. The summed E-state index contributed by atoms with van der Waals surface area (Å²) in [5, 5.41) is 2.98. The number of nitrogens with one attached hydrogen (secondary N) is 1. The molecule has 4 nitrogen and oxygen atoms in total. The van der Waals surface area contributed by atoms with Gasteiger partial charge in [-0.15, -0.1) is 0 Å². The number of hydrogen-bond donors (Lipinski definition) is 1. The third-order valence-electron chi connectivity index (χ3n) is 3.53. The van der Waals surface area contributed by atoms with E-state index in [2.05, 4.69) is 17.2 Å².